The molecule has 0 fully saturated rings. The predicted octanol–water partition coefficient (Wildman–Crippen LogP) is 3.78. The molecule has 0 heterocycles. The number of rotatable bonds is 1. The first-order chi connectivity index (χ1) is 9.29. The van der Waals surface area contributed by atoms with Gasteiger partial charge in [-0.25, -0.2) is 0 Å². The van der Waals surface area contributed by atoms with Crippen LogP contribution < -0.4 is 0 Å². The molecule has 0 spiro atoms. The second-order valence-electron chi connectivity index (χ2n) is 4.90. The monoisotopic (exact) mass is 248 g/mol. The number of phenols is 1. The Morgan fingerprint density at radius 2 is 1.42 bits per heavy atom. The highest BCUT2D eigenvalue weighted by molar-refractivity contribution is 6.25. The fourth-order valence-corrected chi connectivity index (χ4v) is 3.03. The number of aromatic hydroxyl groups is 1. The van der Waals surface area contributed by atoms with Gasteiger partial charge in [-0.1, -0.05) is 42.5 Å². The van der Waals surface area contributed by atoms with Gasteiger partial charge in [0.15, 0.2) is 0 Å². The van der Waals surface area contributed by atoms with E-state index in [0.29, 0.717) is 0 Å². The first kappa shape index (κ1) is 10.6. The average molecular weight is 248 g/mol. The van der Waals surface area contributed by atoms with Crippen LogP contribution in [0.5, 0.6) is 5.75 Å². The molecule has 2 nitrogen and oxygen atoms in total. The molecule has 4 aromatic rings. The summed E-state index contributed by atoms with van der Waals surface area (Å²) < 4.78 is 0. The fourth-order valence-electron chi connectivity index (χ4n) is 3.03. The first-order valence-corrected chi connectivity index (χ1v) is 6.29. The van der Waals surface area contributed by atoms with Crippen LogP contribution in [-0.2, 0) is 6.61 Å². The number of benzene rings is 4. The van der Waals surface area contributed by atoms with Gasteiger partial charge in [-0.15, -0.1) is 0 Å². The van der Waals surface area contributed by atoms with Crippen LogP contribution in [0.4, 0.5) is 0 Å². The number of aliphatic hydroxyl groups is 1. The Kier molecular flexibility index (Phi) is 2.00. The molecule has 0 aromatic heterocycles. The van der Waals surface area contributed by atoms with Crippen LogP contribution in [0.25, 0.3) is 32.3 Å². The van der Waals surface area contributed by atoms with Crippen molar-refractivity contribution in [1.82, 2.24) is 0 Å². The van der Waals surface area contributed by atoms with Crippen molar-refractivity contribution in [2.24, 2.45) is 0 Å². The summed E-state index contributed by atoms with van der Waals surface area (Å²) in [6, 6.07) is 15.9. The molecule has 4 aromatic carbocycles. The minimum atomic E-state index is -0.0677. The summed E-state index contributed by atoms with van der Waals surface area (Å²) in [6.07, 6.45) is 0. The highest BCUT2D eigenvalue weighted by Gasteiger charge is 2.13. The lowest BCUT2D eigenvalue weighted by atomic mass is 9.91. The Morgan fingerprint density at radius 1 is 0.737 bits per heavy atom. The number of aliphatic hydroxyl groups excluding tert-OH is 1. The molecule has 0 aliphatic rings. The Bertz CT molecular complexity index is 909. The van der Waals surface area contributed by atoms with Crippen molar-refractivity contribution in [3.05, 3.63) is 54.1 Å². The van der Waals surface area contributed by atoms with E-state index in [1.807, 2.05) is 24.3 Å². The van der Waals surface area contributed by atoms with Gasteiger partial charge in [0, 0.05) is 10.8 Å². The normalized spacial score (nSPS) is 11.8. The van der Waals surface area contributed by atoms with E-state index in [2.05, 4.69) is 18.2 Å². The van der Waals surface area contributed by atoms with Crippen molar-refractivity contribution in [2.75, 3.05) is 0 Å². The van der Waals surface area contributed by atoms with Gasteiger partial charge < -0.3 is 10.2 Å². The van der Waals surface area contributed by atoms with Crippen molar-refractivity contribution in [1.29, 1.82) is 0 Å². The van der Waals surface area contributed by atoms with E-state index >= 15 is 0 Å². The van der Waals surface area contributed by atoms with Crippen LogP contribution in [0.15, 0.2) is 48.5 Å². The van der Waals surface area contributed by atoms with E-state index < -0.39 is 0 Å². The molecule has 0 aliphatic heterocycles. The summed E-state index contributed by atoms with van der Waals surface area (Å²) >= 11 is 0. The maximum absolute atomic E-state index is 10.3. The molecule has 2 N–H and O–H groups in total. The van der Waals surface area contributed by atoms with E-state index in [0.717, 1.165) is 37.9 Å². The van der Waals surface area contributed by atoms with E-state index in [-0.39, 0.29) is 12.4 Å². The van der Waals surface area contributed by atoms with Crippen LogP contribution >= 0.6 is 0 Å². The minimum absolute atomic E-state index is 0.0677. The number of hydrogen-bond acceptors (Lipinski definition) is 2. The molecule has 0 saturated heterocycles. The zero-order chi connectivity index (χ0) is 13.0. The summed E-state index contributed by atoms with van der Waals surface area (Å²) in [6.45, 7) is -0.0677. The van der Waals surface area contributed by atoms with Gasteiger partial charge in [0.05, 0.1) is 6.61 Å². The van der Waals surface area contributed by atoms with Crippen LogP contribution in [-0.4, -0.2) is 10.2 Å². The number of hydrogen-bond donors (Lipinski definition) is 2. The third kappa shape index (κ3) is 1.29. The Labute approximate surface area is 109 Å². The van der Waals surface area contributed by atoms with E-state index in [4.69, 9.17) is 0 Å². The molecule has 92 valence electrons. The predicted molar refractivity (Wildman–Crippen MR) is 77.7 cm³/mol. The van der Waals surface area contributed by atoms with Gasteiger partial charge in [0.25, 0.3) is 0 Å². The molecule has 0 atom stereocenters. The van der Waals surface area contributed by atoms with Gasteiger partial charge in [0.1, 0.15) is 5.75 Å². The molecular formula is C17H12O2. The maximum atomic E-state index is 10.3. The van der Waals surface area contributed by atoms with Crippen molar-refractivity contribution < 1.29 is 10.2 Å². The lowest BCUT2D eigenvalue weighted by Gasteiger charge is -2.14. The quantitative estimate of drug-likeness (QED) is 0.503. The highest BCUT2D eigenvalue weighted by atomic mass is 16.3. The first-order valence-electron chi connectivity index (χ1n) is 6.29. The van der Waals surface area contributed by atoms with Crippen molar-refractivity contribution in [3.63, 3.8) is 0 Å². The van der Waals surface area contributed by atoms with E-state index in [1.165, 1.54) is 0 Å². The fraction of sp³-hybridized carbons (Fsp3) is 0.0588. The van der Waals surface area contributed by atoms with Gasteiger partial charge >= 0.3 is 0 Å². The lowest BCUT2D eigenvalue weighted by molar-refractivity contribution is 0.283. The number of phenolic OH excluding ortho intramolecular Hbond substituents is 1. The minimum Gasteiger partial charge on any atom is -0.507 e. The Morgan fingerprint density at radius 3 is 2.21 bits per heavy atom. The molecule has 0 aliphatic carbocycles. The lowest BCUT2D eigenvalue weighted by Crippen LogP contribution is -1.90. The molecule has 0 radical (unpaired) electrons. The van der Waals surface area contributed by atoms with E-state index in [1.54, 1.807) is 6.07 Å². The van der Waals surface area contributed by atoms with Crippen LogP contribution in [0.2, 0.25) is 0 Å². The van der Waals surface area contributed by atoms with Gasteiger partial charge in [-0.05, 0) is 33.2 Å². The Balaban J connectivity index is 2.43. The van der Waals surface area contributed by atoms with Gasteiger partial charge in [-0.3, -0.25) is 0 Å². The van der Waals surface area contributed by atoms with Gasteiger partial charge in [0.2, 0.25) is 0 Å². The third-order valence-electron chi connectivity index (χ3n) is 3.86. The average Bonchev–Trinajstić information content (AvgIpc) is 2.45. The van der Waals surface area contributed by atoms with Crippen LogP contribution in [0, 0.1) is 0 Å². The second-order valence-corrected chi connectivity index (χ2v) is 4.90. The molecule has 0 saturated carbocycles. The SMILES string of the molecule is OCc1ccc2ccc3cccc4cc(O)c1c2c34. The summed E-state index contributed by atoms with van der Waals surface area (Å²) in [5.41, 5.74) is 0.767. The molecule has 0 bridgehead atoms. The smallest absolute Gasteiger partial charge is 0.124 e. The van der Waals surface area contributed by atoms with Crippen molar-refractivity contribution in [3.8, 4) is 5.75 Å². The highest BCUT2D eigenvalue weighted by Crippen LogP contribution is 2.40. The topological polar surface area (TPSA) is 40.5 Å². The molecule has 19 heavy (non-hydrogen) atoms. The van der Waals surface area contributed by atoms with Gasteiger partial charge in [-0.2, -0.15) is 0 Å². The van der Waals surface area contributed by atoms with Crippen molar-refractivity contribution >= 4 is 32.3 Å². The second kappa shape index (κ2) is 3.59. The summed E-state index contributed by atoms with van der Waals surface area (Å²) in [5.74, 6) is 0.237. The standard InChI is InChI=1S/C17H12O2/c18-9-13-7-6-11-5-4-10-2-1-3-12-8-14(19)16(13)17(11)15(10)12/h1-8,18-19H,9H2. The maximum Gasteiger partial charge on any atom is 0.124 e. The molecule has 0 amide bonds. The van der Waals surface area contributed by atoms with E-state index in [9.17, 15) is 10.2 Å². The third-order valence-corrected chi connectivity index (χ3v) is 3.86. The summed E-state index contributed by atoms with van der Waals surface area (Å²) in [4.78, 5) is 0. The summed E-state index contributed by atoms with van der Waals surface area (Å²) in [7, 11) is 0. The molecule has 0 unspecified atom stereocenters. The summed E-state index contributed by atoms with van der Waals surface area (Å²) in [5, 5.41) is 26.0. The zero-order valence-electron chi connectivity index (χ0n) is 10.2. The Hall–Kier alpha value is -2.32. The van der Waals surface area contributed by atoms with Crippen molar-refractivity contribution in [2.45, 2.75) is 6.61 Å². The largest absolute Gasteiger partial charge is 0.507 e. The molecular weight excluding hydrogens is 236 g/mol. The zero-order valence-corrected chi connectivity index (χ0v) is 10.2. The molecule has 4 rings (SSSR count). The van der Waals surface area contributed by atoms with Crippen LogP contribution in [0.3, 0.4) is 0 Å². The van der Waals surface area contributed by atoms with Crippen LogP contribution in [0.1, 0.15) is 5.56 Å². The molecule has 2 heteroatoms.